The lowest BCUT2D eigenvalue weighted by Gasteiger charge is -2.29. The molecule has 0 radical (unpaired) electrons. The number of ether oxygens (including phenoxy) is 2. The molecule has 0 spiro atoms. The number of carbonyl (C=O) groups is 1. The molecule has 1 aliphatic rings. The molecule has 0 N–H and O–H groups in total. The molecule has 1 fully saturated rings. The minimum absolute atomic E-state index is 0.198. The van der Waals surface area contributed by atoms with Crippen molar-refractivity contribution in [1.29, 1.82) is 0 Å². The molecule has 0 saturated carbocycles. The molecule has 158 valence electrons. The lowest BCUT2D eigenvalue weighted by Crippen LogP contribution is -2.43. The molecule has 0 unspecified atom stereocenters. The van der Waals surface area contributed by atoms with Gasteiger partial charge in [0.15, 0.2) is 5.13 Å². The number of carbonyl (C=O) groups excluding carboxylic acids is 1. The number of halogens is 2. The summed E-state index contributed by atoms with van der Waals surface area (Å²) in [4.78, 5) is 22.1. The van der Waals surface area contributed by atoms with E-state index in [2.05, 4.69) is 4.90 Å². The molecule has 6 nitrogen and oxygen atoms in total. The number of nitrogens with zero attached hydrogens (tertiary/aromatic N) is 3. The van der Waals surface area contributed by atoms with Gasteiger partial charge in [0.2, 0.25) is 0 Å². The van der Waals surface area contributed by atoms with E-state index in [-0.39, 0.29) is 5.91 Å². The van der Waals surface area contributed by atoms with Crippen molar-refractivity contribution >= 4 is 55.8 Å². The zero-order chi connectivity index (χ0) is 21.1. The number of hydrogen-bond acceptors (Lipinski definition) is 6. The van der Waals surface area contributed by atoms with Gasteiger partial charge in [-0.3, -0.25) is 14.6 Å². The largest absolute Gasteiger partial charge is 0.497 e. The van der Waals surface area contributed by atoms with Gasteiger partial charge in [-0.15, -0.1) is 0 Å². The van der Waals surface area contributed by atoms with Gasteiger partial charge in [-0.2, -0.15) is 0 Å². The topological polar surface area (TPSA) is 54.9 Å². The molecule has 1 saturated heterocycles. The highest BCUT2D eigenvalue weighted by atomic mass is 35.5. The van der Waals surface area contributed by atoms with E-state index in [4.69, 9.17) is 37.7 Å². The second kappa shape index (κ2) is 9.49. The van der Waals surface area contributed by atoms with Crippen LogP contribution < -0.4 is 9.64 Å². The van der Waals surface area contributed by atoms with E-state index in [0.717, 1.165) is 35.6 Å². The maximum Gasteiger partial charge on any atom is 0.261 e. The van der Waals surface area contributed by atoms with Crippen LogP contribution in [0.25, 0.3) is 10.2 Å². The number of amides is 1. The Morgan fingerprint density at radius 3 is 2.77 bits per heavy atom. The lowest BCUT2D eigenvalue weighted by atomic mass is 10.2. The molecule has 0 aliphatic carbocycles. The summed E-state index contributed by atoms with van der Waals surface area (Å²) in [5.74, 6) is 0.530. The number of aromatic nitrogens is 1. The summed E-state index contributed by atoms with van der Waals surface area (Å²) in [5.41, 5.74) is 1.20. The Balaban J connectivity index is 1.66. The molecule has 4 rings (SSSR count). The van der Waals surface area contributed by atoms with Crippen molar-refractivity contribution in [2.24, 2.45) is 0 Å². The van der Waals surface area contributed by atoms with Gasteiger partial charge in [0, 0.05) is 37.3 Å². The molecule has 1 aliphatic heterocycles. The van der Waals surface area contributed by atoms with Crippen molar-refractivity contribution in [3.05, 3.63) is 52.0 Å². The normalized spacial score (nSPS) is 14.8. The Labute approximate surface area is 188 Å². The number of methoxy groups -OCH3 is 1. The van der Waals surface area contributed by atoms with Crippen LogP contribution in [0.3, 0.4) is 0 Å². The standard InChI is InChI=1S/C21H21Cl2N3O3S/c1-28-15-3-5-19-18(13-15)24-21(30-19)26(7-6-25-8-10-29-11-9-25)20(27)16-4-2-14(22)12-17(16)23/h2-5,12-13H,6-11H2,1H3. The first-order chi connectivity index (χ1) is 14.5. The zero-order valence-corrected chi connectivity index (χ0v) is 18.8. The monoisotopic (exact) mass is 465 g/mol. The highest BCUT2D eigenvalue weighted by molar-refractivity contribution is 7.22. The van der Waals surface area contributed by atoms with E-state index in [0.29, 0.717) is 40.5 Å². The Morgan fingerprint density at radius 1 is 1.23 bits per heavy atom. The number of rotatable bonds is 6. The van der Waals surface area contributed by atoms with Gasteiger partial charge in [0.25, 0.3) is 5.91 Å². The molecule has 2 aromatic carbocycles. The summed E-state index contributed by atoms with van der Waals surface area (Å²) < 4.78 is 11.7. The SMILES string of the molecule is COc1ccc2sc(N(CCN3CCOCC3)C(=O)c3ccc(Cl)cc3Cl)nc2c1. The van der Waals surface area contributed by atoms with Crippen LogP contribution in [0.5, 0.6) is 5.75 Å². The van der Waals surface area contributed by atoms with E-state index >= 15 is 0 Å². The minimum Gasteiger partial charge on any atom is -0.497 e. The van der Waals surface area contributed by atoms with Gasteiger partial charge in [-0.1, -0.05) is 34.5 Å². The summed E-state index contributed by atoms with van der Waals surface area (Å²) >= 11 is 13.8. The van der Waals surface area contributed by atoms with Crippen LogP contribution in [0.1, 0.15) is 10.4 Å². The zero-order valence-electron chi connectivity index (χ0n) is 16.4. The second-order valence-corrected chi connectivity index (χ2v) is 8.72. The predicted octanol–water partition coefficient (Wildman–Crippen LogP) is 4.59. The summed E-state index contributed by atoms with van der Waals surface area (Å²) in [5, 5.41) is 1.44. The summed E-state index contributed by atoms with van der Waals surface area (Å²) in [6, 6.07) is 10.6. The molecule has 1 amide bonds. The third-order valence-electron chi connectivity index (χ3n) is 4.96. The predicted molar refractivity (Wildman–Crippen MR) is 122 cm³/mol. The first-order valence-corrected chi connectivity index (χ1v) is 11.1. The lowest BCUT2D eigenvalue weighted by molar-refractivity contribution is 0.0391. The third-order valence-corrected chi connectivity index (χ3v) is 6.57. The van der Waals surface area contributed by atoms with Crippen molar-refractivity contribution in [2.45, 2.75) is 0 Å². The van der Waals surface area contributed by atoms with Crippen molar-refractivity contribution in [1.82, 2.24) is 9.88 Å². The van der Waals surface area contributed by atoms with E-state index in [9.17, 15) is 4.79 Å². The number of benzene rings is 2. The fraction of sp³-hybridized carbons (Fsp3) is 0.333. The fourth-order valence-electron chi connectivity index (χ4n) is 3.30. The third kappa shape index (κ3) is 4.71. The smallest absolute Gasteiger partial charge is 0.261 e. The van der Waals surface area contributed by atoms with Gasteiger partial charge in [-0.25, -0.2) is 4.98 Å². The van der Waals surface area contributed by atoms with Gasteiger partial charge in [-0.05, 0) is 30.3 Å². The summed E-state index contributed by atoms with van der Waals surface area (Å²) in [6.07, 6.45) is 0. The van der Waals surface area contributed by atoms with Crippen molar-refractivity contribution < 1.29 is 14.3 Å². The molecule has 3 aromatic rings. The Morgan fingerprint density at radius 2 is 2.03 bits per heavy atom. The van der Waals surface area contributed by atoms with Gasteiger partial charge < -0.3 is 9.47 Å². The van der Waals surface area contributed by atoms with E-state index < -0.39 is 0 Å². The average Bonchev–Trinajstić information content (AvgIpc) is 3.17. The first-order valence-electron chi connectivity index (χ1n) is 9.57. The summed E-state index contributed by atoms with van der Waals surface area (Å²) in [7, 11) is 1.62. The van der Waals surface area contributed by atoms with Crippen LogP contribution >= 0.6 is 34.5 Å². The van der Waals surface area contributed by atoms with Crippen LogP contribution in [0, 0.1) is 0 Å². The molecule has 0 atom stereocenters. The van der Waals surface area contributed by atoms with Gasteiger partial charge >= 0.3 is 0 Å². The molecule has 1 aromatic heterocycles. The number of fused-ring (bicyclic) bond motifs is 1. The highest BCUT2D eigenvalue weighted by Crippen LogP contribution is 2.33. The van der Waals surface area contributed by atoms with Crippen LogP contribution in [0.15, 0.2) is 36.4 Å². The average molecular weight is 466 g/mol. The molecular formula is C21H21Cl2N3O3S. The van der Waals surface area contributed by atoms with Crippen LogP contribution in [-0.2, 0) is 4.74 Å². The van der Waals surface area contributed by atoms with Crippen LogP contribution in [0.4, 0.5) is 5.13 Å². The van der Waals surface area contributed by atoms with E-state index in [1.165, 1.54) is 11.3 Å². The van der Waals surface area contributed by atoms with Crippen LogP contribution in [-0.4, -0.2) is 62.3 Å². The maximum absolute atomic E-state index is 13.4. The fourth-order valence-corrected chi connectivity index (χ4v) is 4.76. The van der Waals surface area contributed by atoms with Crippen molar-refractivity contribution in [3.63, 3.8) is 0 Å². The first kappa shape index (κ1) is 21.3. The number of thiazole rings is 1. The Kier molecular flexibility index (Phi) is 6.75. The van der Waals surface area contributed by atoms with E-state index in [1.807, 2.05) is 18.2 Å². The van der Waals surface area contributed by atoms with Crippen molar-refractivity contribution in [2.75, 3.05) is 51.4 Å². The van der Waals surface area contributed by atoms with Gasteiger partial charge in [0.05, 0.1) is 41.1 Å². The molecule has 9 heteroatoms. The number of anilines is 1. The maximum atomic E-state index is 13.4. The molecule has 0 bridgehead atoms. The quantitative estimate of drug-likeness (QED) is 0.532. The molecule has 30 heavy (non-hydrogen) atoms. The summed E-state index contributed by atoms with van der Waals surface area (Å²) in [6.45, 7) is 4.33. The number of morpholine rings is 1. The van der Waals surface area contributed by atoms with E-state index in [1.54, 1.807) is 30.2 Å². The highest BCUT2D eigenvalue weighted by Gasteiger charge is 2.24. The Bertz CT molecular complexity index is 1050. The number of hydrogen-bond donors (Lipinski definition) is 0. The second-order valence-electron chi connectivity index (χ2n) is 6.87. The van der Waals surface area contributed by atoms with Crippen molar-refractivity contribution in [3.8, 4) is 5.75 Å². The van der Waals surface area contributed by atoms with Gasteiger partial charge in [0.1, 0.15) is 5.75 Å². The Hall–Kier alpha value is -1.90. The molecule has 2 heterocycles. The minimum atomic E-state index is -0.198. The van der Waals surface area contributed by atoms with Crippen LogP contribution in [0.2, 0.25) is 10.0 Å². The molecular weight excluding hydrogens is 445 g/mol.